The molecule has 0 heterocycles. The number of benzene rings is 2. The molecule has 0 spiro atoms. The largest absolute Gasteiger partial charge is 0.389 e. The molecule has 0 atom stereocenters. The van der Waals surface area contributed by atoms with E-state index in [0.29, 0.717) is 6.42 Å². The lowest BCUT2D eigenvalue weighted by Crippen LogP contribution is -2.06. The van der Waals surface area contributed by atoms with Gasteiger partial charge < -0.3 is 0 Å². The summed E-state index contributed by atoms with van der Waals surface area (Å²) in [4.78, 5) is 0. The van der Waals surface area contributed by atoms with Crippen molar-refractivity contribution in [2.45, 2.75) is 64.0 Å². The predicted molar refractivity (Wildman–Crippen MR) is 98.6 cm³/mol. The third-order valence-electron chi connectivity index (χ3n) is 4.51. The van der Waals surface area contributed by atoms with Crippen molar-refractivity contribution in [1.29, 1.82) is 0 Å². The maximum atomic E-state index is 12.0. The van der Waals surface area contributed by atoms with E-state index in [1.165, 1.54) is 16.7 Å². The van der Waals surface area contributed by atoms with Crippen LogP contribution < -0.4 is 0 Å². The lowest BCUT2D eigenvalue weighted by Gasteiger charge is -2.10. The van der Waals surface area contributed by atoms with E-state index in [1.807, 2.05) is 6.07 Å². The molecule has 3 heteroatoms. The van der Waals surface area contributed by atoms with Gasteiger partial charge in [0.2, 0.25) is 0 Å². The van der Waals surface area contributed by atoms with Gasteiger partial charge in [-0.2, -0.15) is 13.2 Å². The molecule has 0 aliphatic rings. The SMILES string of the molecule is FC(F)(F)CCCCCCCCCc1ccccc1-c1ccccc1. The van der Waals surface area contributed by atoms with Crippen molar-refractivity contribution in [2.75, 3.05) is 0 Å². The van der Waals surface area contributed by atoms with Crippen molar-refractivity contribution >= 4 is 0 Å². The topological polar surface area (TPSA) is 0 Å². The molecule has 25 heavy (non-hydrogen) atoms. The van der Waals surface area contributed by atoms with E-state index in [4.69, 9.17) is 0 Å². The molecule has 0 radical (unpaired) electrons. The summed E-state index contributed by atoms with van der Waals surface area (Å²) in [7, 11) is 0. The van der Waals surface area contributed by atoms with E-state index in [2.05, 4.69) is 48.5 Å². The Balaban J connectivity index is 1.65. The highest BCUT2D eigenvalue weighted by molar-refractivity contribution is 5.67. The van der Waals surface area contributed by atoms with Crippen LogP contribution in [0.25, 0.3) is 11.1 Å². The summed E-state index contributed by atoms with van der Waals surface area (Å²) in [5.74, 6) is 0. The number of halogens is 3. The lowest BCUT2D eigenvalue weighted by atomic mass is 9.95. The van der Waals surface area contributed by atoms with E-state index < -0.39 is 12.6 Å². The second-order valence-corrected chi connectivity index (χ2v) is 6.61. The van der Waals surface area contributed by atoms with Gasteiger partial charge in [-0.3, -0.25) is 0 Å². The summed E-state index contributed by atoms with van der Waals surface area (Å²) in [6.07, 6.45) is 2.72. The van der Waals surface area contributed by atoms with Crippen molar-refractivity contribution in [3.8, 4) is 11.1 Å². The Kier molecular flexibility index (Phi) is 8.03. The fourth-order valence-corrected chi connectivity index (χ4v) is 3.16. The summed E-state index contributed by atoms with van der Waals surface area (Å²) in [5, 5.41) is 0. The molecule has 0 aliphatic carbocycles. The summed E-state index contributed by atoms with van der Waals surface area (Å²) in [5.41, 5.74) is 3.93. The van der Waals surface area contributed by atoms with Crippen LogP contribution in [-0.2, 0) is 6.42 Å². The third-order valence-corrected chi connectivity index (χ3v) is 4.51. The zero-order valence-electron chi connectivity index (χ0n) is 14.7. The molecule has 0 nitrogen and oxygen atoms in total. The smallest absolute Gasteiger partial charge is 0.171 e. The zero-order valence-corrected chi connectivity index (χ0v) is 14.7. The Morgan fingerprint density at radius 2 is 1.16 bits per heavy atom. The predicted octanol–water partition coefficient (Wildman–Crippen LogP) is 7.58. The van der Waals surface area contributed by atoms with Gasteiger partial charge in [-0.15, -0.1) is 0 Å². The van der Waals surface area contributed by atoms with Crippen LogP contribution >= 0.6 is 0 Å². The van der Waals surface area contributed by atoms with E-state index in [0.717, 1.165) is 38.5 Å². The molecule has 0 saturated carbocycles. The standard InChI is InChI=1S/C22H27F3/c23-22(24,25)18-12-5-3-1-2-4-7-13-20-16-10-11-17-21(20)19-14-8-6-9-15-19/h6,8-11,14-17H,1-5,7,12-13,18H2. The second-order valence-electron chi connectivity index (χ2n) is 6.61. The van der Waals surface area contributed by atoms with E-state index >= 15 is 0 Å². The summed E-state index contributed by atoms with van der Waals surface area (Å²) in [6, 6.07) is 19.0. The first-order chi connectivity index (χ1) is 12.1. The fourth-order valence-electron chi connectivity index (χ4n) is 3.16. The maximum Gasteiger partial charge on any atom is 0.389 e. The van der Waals surface area contributed by atoms with Crippen molar-refractivity contribution in [3.05, 3.63) is 60.2 Å². The number of aryl methyl sites for hydroxylation is 1. The molecule has 2 aromatic carbocycles. The first-order valence-corrected chi connectivity index (χ1v) is 9.26. The zero-order chi connectivity index (χ0) is 18.0. The molecule has 0 N–H and O–H groups in total. The van der Waals surface area contributed by atoms with Gasteiger partial charge in [0, 0.05) is 6.42 Å². The van der Waals surface area contributed by atoms with Gasteiger partial charge in [-0.05, 0) is 36.0 Å². The van der Waals surface area contributed by atoms with Crippen LogP contribution in [0.4, 0.5) is 13.2 Å². The minimum Gasteiger partial charge on any atom is -0.171 e. The van der Waals surface area contributed by atoms with E-state index in [-0.39, 0.29) is 6.42 Å². The van der Waals surface area contributed by atoms with Gasteiger partial charge in [0.1, 0.15) is 0 Å². The summed E-state index contributed by atoms with van der Waals surface area (Å²) >= 11 is 0. The molecule has 0 bridgehead atoms. The van der Waals surface area contributed by atoms with Crippen molar-refractivity contribution < 1.29 is 13.2 Å². The molecule has 0 aromatic heterocycles. The highest BCUT2D eigenvalue weighted by Crippen LogP contribution is 2.25. The molecule has 0 aliphatic heterocycles. The molecule has 0 amide bonds. The first-order valence-electron chi connectivity index (χ1n) is 9.26. The van der Waals surface area contributed by atoms with E-state index in [1.54, 1.807) is 0 Å². The quantitative estimate of drug-likeness (QED) is 0.388. The van der Waals surface area contributed by atoms with Gasteiger partial charge in [-0.25, -0.2) is 0 Å². The number of unbranched alkanes of at least 4 members (excludes halogenated alkanes) is 6. The second kappa shape index (κ2) is 10.3. The Labute approximate surface area is 149 Å². The normalized spacial score (nSPS) is 11.6. The van der Waals surface area contributed by atoms with Crippen molar-refractivity contribution in [1.82, 2.24) is 0 Å². The fraction of sp³-hybridized carbons (Fsp3) is 0.455. The van der Waals surface area contributed by atoms with Crippen LogP contribution in [0.15, 0.2) is 54.6 Å². The number of hydrogen-bond acceptors (Lipinski definition) is 0. The Morgan fingerprint density at radius 3 is 1.84 bits per heavy atom. The van der Waals surface area contributed by atoms with Gasteiger partial charge in [0.05, 0.1) is 0 Å². The number of alkyl halides is 3. The van der Waals surface area contributed by atoms with Crippen LogP contribution in [0, 0.1) is 0 Å². The van der Waals surface area contributed by atoms with E-state index in [9.17, 15) is 13.2 Å². The van der Waals surface area contributed by atoms with Crippen LogP contribution in [0.5, 0.6) is 0 Å². The molecule has 2 aromatic rings. The molecular formula is C22H27F3. The monoisotopic (exact) mass is 348 g/mol. The third kappa shape index (κ3) is 7.76. The van der Waals surface area contributed by atoms with Gasteiger partial charge in [0.25, 0.3) is 0 Å². The highest BCUT2D eigenvalue weighted by atomic mass is 19.4. The van der Waals surface area contributed by atoms with Crippen LogP contribution in [0.1, 0.15) is 56.9 Å². The number of rotatable bonds is 10. The molecule has 2 rings (SSSR count). The molecule has 0 unspecified atom stereocenters. The number of hydrogen-bond donors (Lipinski definition) is 0. The van der Waals surface area contributed by atoms with Crippen LogP contribution in [0.3, 0.4) is 0 Å². The van der Waals surface area contributed by atoms with Crippen molar-refractivity contribution in [3.63, 3.8) is 0 Å². The Bertz CT molecular complexity index is 602. The molecule has 136 valence electrons. The minimum atomic E-state index is -3.99. The van der Waals surface area contributed by atoms with Gasteiger partial charge in [-0.1, -0.05) is 86.7 Å². The first kappa shape index (κ1) is 19.6. The Hall–Kier alpha value is -1.77. The van der Waals surface area contributed by atoms with Crippen molar-refractivity contribution in [2.24, 2.45) is 0 Å². The Morgan fingerprint density at radius 1 is 0.600 bits per heavy atom. The molecule has 0 fully saturated rings. The van der Waals surface area contributed by atoms with Gasteiger partial charge in [0.15, 0.2) is 0 Å². The lowest BCUT2D eigenvalue weighted by molar-refractivity contribution is -0.135. The average Bonchev–Trinajstić information content (AvgIpc) is 2.60. The highest BCUT2D eigenvalue weighted by Gasteiger charge is 2.25. The molecule has 0 saturated heterocycles. The van der Waals surface area contributed by atoms with Gasteiger partial charge >= 0.3 is 6.18 Å². The minimum absolute atomic E-state index is 0.272. The molecular weight excluding hydrogens is 321 g/mol. The summed E-state index contributed by atoms with van der Waals surface area (Å²) in [6.45, 7) is 0. The van der Waals surface area contributed by atoms with Crippen LogP contribution in [0.2, 0.25) is 0 Å². The summed E-state index contributed by atoms with van der Waals surface area (Å²) < 4.78 is 36.1. The van der Waals surface area contributed by atoms with Crippen LogP contribution in [-0.4, -0.2) is 6.18 Å². The average molecular weight is 348 g/mol. The maximum absolute atomic E-state index is 12.0.